The molecule has 0 aliphatic carbocycles. The first kappa shape index (κ1) is 12.5. The number of aromatic amines is 1. The first-order chi connectivity index (χ1) is 9.72. The lowest BCUT2D eigenvalue weighted by molar-refractivity contribution is -0.116. The Labute approximate surface area is 116 Å². The molecule has 2 heterocycles. The van der Waals surface area contributed by atoms with E-state index in [0.717, 1.165) is 16.5 Å². The largest absolute Gasteiger partial charge is 0.361 e. The van der Waals surface area contributed by atoms with Gasteiger partial charge in [0, 0.05) is 29.6 Å². The summed E-state index contributed by atoms with van der Waals surface area (Å²) in [6, 6.07) is 9.76. The monoisotopic (exact) mass is 269 g/mol. The van der Waals surface area contributed by atoms with Gasteiger partial charge in [-0.3, -0.25) is 4.79 Å². The highest BCUT2D eigenvalue weighted by Gasteiger charge is 2.08. The molecule has 1 amide bonds. The van der Waals surface area contributed by atoms with Crippen LogP contribution in [0.2, 0.25) is 0 Å². The van der Waals surface area contributed by atoms with Crippen molar-refractivity contribution in [2.24, 2.45) is 0 Å². The van der Waals surface area contributed by atoms with E-state index >= 15 is 0 Å². The topological polar surface area (TPSA) is 70.9 Å². The van der Waals surface area contributed by atoms with E-state index in [1.807, 2.05) is 24.4 Å². The molecular formula is C15H15N3O2. The van der Waals surface area contributed by atoms with E-state index in [-0.39, 0.29) is 5.91 Å². The Kier molecular flexibility index (Phi) is 3.25. The molecule has 0 unspecified atom stereocenters. The van der Waals surface area contributed by atoms with Crippen LogP contribution in [0.15, 0.2) is 41.1 Å². The minimum Gasteiger partial charge on any atom is -0.361 e. The fourth-order valence-corrected chi connectivity index (χ4v) is 2.22. The molecule has 0 aliphatic heterocycles. The van der Waals surface area contributed by atoms with E-state index in [2.05, 4.69) is 21.5 Å². The van der Waals surface area contributed by atoms with Crippen LogP contribution in [0.4, 0.5) is 5.82 Å². The van der Waals surface area contributed by atoms with Crippen molar-refractivity contribution < 1.29 is 9.32 Å². The number of benzene rings is 1. The van der Waals surface area contributed by atoms with Gasteiger partial charge in [0.15, 0.2) is 5.82 Å². The third-order valence-corrected chi connectivity index (χ3v) is 3.19. The average molecular weight is 269 g/mol. The van der Waals surface area contributed by atoms with Crippen molar-refractivity contribution in [2.75, 3.05) is 5.32 Å². The third-order valence-electron chi connectivity index (χ3n) is 3.19. The highest BCUT2D eigenvalue weighted by Crippen LogP contribution is 2.19. The Morgan fingerprint density at radius 3 is 3.05 bits per heavy atom. The zero-order chi connectivity index (χ0) is 13.9. The molecule has 0 saturated heterocycles. The van der Waals surface area contributed by atoms with Gasteiger partial charge in [-0.1, -0.05) is 23.4 Å². The maximum atomic E-state index is 11.9. The van der Waals surface area contributed by atoms with E-state index in [1.54, 1.807) is 13.0 Å². The number of para-hydroxylation sites is 1. The number of nitrogens with one attached hydrogen (secondary N) is 2. The molecule has 0 saturated carbocycles. The van der Waals surface area contributed by atoms with E-state index in [0.29, 0.717) is 24.4 Å². The van der Waals surface area contributed by atoms with E-state index in [4.69, 9.17) is 4.52 Å². The molecule has 3 rings (SSSR count). The number of anilines is 1. The Hall–Kier alpha value is -2.56. The minimum atomic E-state index is -0.0661. The second-order valence-corrected chi connectivity index (χ2v) is 4.73. The van der Waals surface area contributed by atoms with Crippen molar-refractivity contribution in [3.05, 3.63) is 47.9 Å². The molecule has 0 atom stereocenters. The summed E-state index contributed by atoms with van der Waals surface area (Å²) < 4.78 is 4.90. The zero-order valence-corrected chi connectivity index (χ0v) is 11.1. The van der Waals surface area contributed by atoms with Crippen molar-refractivity contribution in [1.82, 2.24) is 10.1 Å². The summed E-state index contributed by atoms with van der Waals surface area (Å²) in [6.07, 6.45) is 3.05. The van der Waals surface area contributed by atoms with Gasteiger partial charge in [0.05, 0.1) is 0 Å². The normalized spacial score (nSPS) is 10.8. The van der Waals surface area contributed by atoms with Crippen molar-refractivity contribution >= 4 is 22.6 Å². The lowest BCUT2D eigenvalue weighted by Crippen LogP contribution is -2.12. The van der Waals surface area contributed by atoms with Crippen LogP contribution < -0.4 is 5.32 Å². The summed E-state index contributed by atoms with van der Waals surface area (Å²) in [5, 5.41) is 7.62. The van der Waals surface area contributed by atoms with Crippen LogP contribution in [-0.2, 0) is 11.2 Å². The summed E-state index contributed by atoms with van der Waals surface area (Å²) in [4.78, 5) is 15.1. The van der Waals surface area contributed by atoms with Crippen LogP contribution in [0.5, 0.6) is 0 Å². The zero-order valence-electron chi connectivity index (χ0n) is 11.1. The van der Waals surface area contributed by atoms with E-state index in [9.17, 15) is 4.79 Å². The first-order valence-corrected chi connectivity index (χ1v) is 6.50. The second-order valence-electron chi connectivity index (χ2n) is 4.73. The first-order valence-electron chi connectivity index (χ1n) is 6.50. The predicted molar refractivity (Wildman–Crippen MR) is 76.5 cm³/mol. The second kappa shape index (κ2) is 5.21. The van der Waals surface area contributed by atoms with E-state index < -0.39 is 0 Å². The molecule has 0 radical (unpaired) electrons. The van der Waals surface area contributed by atoms with E-state index in [1.165, 1.54) is 0 Å². The minimum absolute atomic E-state index is 0.0661. The van der Waals surface area contributed by atoms with Gasteiger partial charge < -0.3 is 14.8 Å². The van der Waals surface area contributed by atoms with Crippen LogP contribution in [0.1, 0.15) is 17.7 Å². The molecule has 20 heavy (non-hydrogen) atoms. The van der Waals surface area contributed by atoms with Gasteiger partial charge in [0.1, 0.15) is 5.76 Å². The summed E-state index contributed by atoms with van der Waals surface area (Å²) in [6.45, 7) is 1.79. The molecule has 5 heteroatoms. The van der Waals surface area contributed by atoms with Gasteiger partial charge in [-0.2, -0.15) is 0 Å². The van der Waals surface area contributed by atoms with Crippen LogP contribution in [0, 0.1) is 6.92 Å². The van der Waals surface area contributed by atoms with Gasteiger partial charge in [-0.25, -0.2) is 0 Å². The number of carbonyl (C=O) groups excluding carboxylic acids is 1. The Bertz CT molecular complexity index is 742. The number of rotatable bonds is 4. The molecule has 0 bridgehead atoms. The molecule has 3 aromatic rings. The fourth-order valence-electron chi connectivity index (χ4n) is 2.22. The van der Waals surface area contributed by atoms with Gasteiger partial charge in [-0.05, 0) is 25.0 Å². The van der Waals surface area contributed by atoms with Crippen molar-refractivity contribution in [3.63, 3.8) is 0 Å². The molecule has 5 nitrogen and oxygen atoms in total. The highest BCUT2D eigenvalue weighted by atomic mass is 16.5. The summed E-state index contributed by atoms with van der Waals surface area (Å²) >= 11 is 0. The third kappa shape index (κ3) is 2.56. The van der Waals surface area contributed by atoms with Crippen LogP contribution in [-0.4, -0.2) is 16.0 Å². The quantitative estimate of drug-likeness (QED) is 0.764. The number of amides is 1. The molecule has 2 N–H and O–H groups in total. The predicted octanol–water partition coefficient (Wildman–Crippen LogP) is 3.04. The highest BCUT2D eigenvalue weighted by molar-refractivity contribution is 5.90. The summed E-state index contributed by atoms with van der Waals surface area (Å²) in [7, 11) is 0. The van der Waals surface area contributed by atoms with Crippen LogP contribution in [0.3, 0.4) is 0 Å². The number of aryl methyl sites for hydroxylation is 2. The van der Waals surface area contributed by atoms with Crippen molar-refractivity contribution in [1.29, 1.82) is 0 Å². The molecular weight excluding hydrogens is 254 g/mol. The van der Waals surface area contributed by atoms with Gasteiger partial charge in [0.2, 0.25) is 5.91 Å². The number of carbonyl (C=O) groups is 1. The number of H-pyrrole nitrogens is 1. The maximum absolute atomic E-state index is 11.9. The molecule has 1 aromatic carbocycles. The Morgan fingerprint density at radius 1 is 1.40 bits per heavy atom. The van der Waals surface area contributed by atoms with Gasteiger partial charge >= 0.3 is 0 Å². The average Bonchev–Trinajstić information content (AvgIpc) is 3.03. The van der Waals surface area contributed by atoms with Gasteiger partial charge in [-0.15, -0.1) is 0 Å². The summed E-state index contributed by atoms with van der Waals surface area (Å²) in [5.41, 5.74) is 2.24. The smallest absolute Gasteiger partial charge is 0.225 e. The maximum Gasteiger partial charge on any atom is 0.225 e. The molecule has 0 fully saturated rings. The molecule has 0 aliphatic rings. The number of aromatic nitrogens is 2. The number of hydrogen-bond acceptors (Lipinski definition) is 3. The Morgan fingerprint density at radius 2 is 2.25 bits per heavy atom. The molecule has 102 valence electrons. The lowest BCUT2D eigenvalue weighted by Gasteiger charge is -2.01. The number of nitrogens with zero attached hydrogens (tertiary/aromatic N) is 1. The number of fused-ring (bicyclic) bond motifs is 1. The standard InChI is InChI=1S/C15H15N3O2/c1-10-8-14(18-20-10)17-15(19)7-6-11-9-16-13-5-3-2-4-12(11)13/h2-5,8-9,16H,6-7H2,1H3,(H,17,18,19). The SMILES string of the molecule is Cc1cc(NC(=O)CCc2c[nH]c3ccccc23)no1. The Balaban J connectivity index is 1.63. The molecule has 2 aromatic heterocycles. The fraction of sp³-hybridized carbons (Fsp3) is 0.200. The van der Waals surface area contributed by atoms with Gasteiger partial charge in [0.25, 0.3) is 0 Å². The van der Waals surface area contributed by atoms with Crippen LogP contribution >= 0.6 is 0 Å². The number of hydrogen-bond donors (Lipinski definition) is 2. The van der Waals surface area contributed by atoms with Crippen LogP contribution in [0.25, 0.3) is 10.9 Å². The summed E-state index contributed by atoms with van der Waals surface area (Å²) in [5.74, 6) is 1.08. The van der Waals surface area contributed by atoms with Crippen molar-refractivity contribution in [2.45, 2.75) is 19.8 Å². The molecule has 0 spiro atoms. The van der Waals surface area contributed by atoms with Crippen molar-refractivity contribution in [3.8, 4) is 0 Å². The lowest BCUT2D eigenvalue weighted by atomic mass is 10.1.